The van der Waals surface area contributed by atoms with E-state index in [-0.39, 0.29) is 18.0 Å². The molecule has 5 nitrogen and oxygen atoms in total. The summed E-state index contributed by atoms with van der Waals surface area (Å²) in [6, 6.07) is 3.76. The number of hydrogen-bond donors (Lipinski definition) is 3. The standard InChI is InChI=1S/C12H16N4OS/c1-12(3-4-14-8-12)15-7-10(17)16-11-9(6-13)2-5-18-11/h2,5,14-15H,3-4,7-8H2,1H3,(H,16,17). The molecule has 18 heavy (non-hydrogen) atoms. The molecule has 1 amide bonds. The molecule has 1 aromatic heterocycles. The Hall–Kier alpha value is -1.42. The SMILES string of the molecule is CC1(NCC(=O)Nc2sccc2C#N)CCNC1. The molecule has 0 aromatic carbocycles. The summed E-state index contributed by atoms with van der Waals surface area (Å²) < 4.78 is 0. The first kappa shape index (κ1) is 13.0. The van der Waals surface area contributed by atoms with Crippen LogP contribution in [0.1, 0.15) is 18.9 Å². The lowest BCUT2D eigenvalue weighted by Gasteiger charge is -2.24. The Morgan fingerprint density at radius 2 is 2.56 bits per heavy atom. The maximum atomic E-state index is 11.8. The van der Waals surface area contributed by atoms with Crippen molar-refractivity contribution >= 4 is 22.2 Å². The highest BCUT2D eigenvalue weighted by atomic mass is 32.1. The minimum absolute atomic E-state index is 0.00908. The topological polar surface area (TPSA) is 77.0 Å². The molecule has 1 aromatic rings. The fraction of sp³-hybridized carbons (Fsp3) is 0.500. The van der Waals surface area contributed by atoms with Crippen molar-refractivity contribution in [3.63, 3.8) is 0 Å². The van der Waals surface area contributed by atoms with Crippen LogP contribution in [0.4, 0.5) is 5.00 Å². The molecule has 1 aliphatic rings. The highest BCUT2D eigenvalue weighted by Gasteiger charge is 2.28. The van der Waals surface area contributed by atoms with Crippen LogP contribution < -0.4 is 16.0 Å². The Bertz CT molecular complexity index is 471. The number of nitrogens with one attached hydrogen (secondary N) is 3. The summed E-state index contributed by atoms with van der Waals surface area (Å²) in [4.78, 5) is 11.8. The molecular weight excluding hydrogens is 248 g/mol. The highest BCUT2D eigenvalue weighted by Crippen LogP contribution is 2.21. The van der Waals surface area contributed by atoms with Gasteiger partial charge in [-0.05, 0) is 31.3 Å². The van der Waals surface area contributed by atoms with Crippen molar-refractivity contribution in [1.82, 2.24) is 10.6 Å². The first-order valence-electron chi connectivity index (χ1n) is 5.86. The lowest BCUT2D eigenvalue weighted by Crippen LogP contribution is -2.47. The predicted molar refractivity (Wildman–Crippen MR) is 71.6 cm³/mol. The van der Waals surface area contributed by atoms with Crippen molar-refractivity contribution in [3.05, 3.63) is 17.0 Å². The molecule has 2 rings (SSSR count). The van der Waals surface area contributed by atoms with Crippen molar-refractivity contribution in [2.45, 2.75) is 18.9 Å². The number of hydrogen-bond acceptors (Lipinski definition) is 5. The van der Waals surface area contributed by atoms with Crippen LogP contribution >= 0.6 is 11.3 Å². The van der Waals surface area contributed by atoms with E-state index in [4.69, 9.17) is 5.26 Å². The number of thiophene rings is 1. The van der Waals surface area contributed by atoms with Crippen molar-refractivity contribution < 1.29 is 4.79 Å². The molecule has 0 bridgehead atoms. The van der Waals surface area contributed by atoms with Gasteiger partial charge in [-0.3, -0.25) is 4.79 Å². The lowest BCUT2D eigenvalue weighted by atomic mass is 10.0. The van der Waals surface area contributed by atoms with Crippen LogP contribution in [0.5, 0.6) is 0 Å². The third-order valence-electron chi connectivity index (χ3n) is 3.08. The molecule has 1 unspecified atom stereocenters. The normalized spacial score (nSPS) is 22.7. The Kier molecular flexibility index (Phi) is 3.97. The van der Waals surface area contributed by atoms with Crippen LogP contribution in [0, 0.1) is 11.3 Å². The molecule has 1 saturated heterocycles. The summed E-state index contributed by atoms with van der Waals surface area (Å²) in [5.41, 5.74) is 0.507. The van der Waals surface area contributed by atoms with E-state index in [0.717, 1.165) is 19.5 Å². The van der Waals surface area contributed by atoms with Gasteiger partial charge in [0.15, 0.2) is 0 Å². The van der Waals surface area contributed by atoms with Gasteiger partial charge in [0.2, 0.25) is 5.91 Å². The average Bonchev–Trinajstić information content (AvgIpc) is 2.96. The second-order valence-corrected chi connectivity index (χ2v) is 5.58. The number of nitriles is 1. The summed E-state index contributed by atoms with van der Waals surface area (Å²) in [6.45, 7) is 4.23. The van der Waals surface area contributed by atoms with E-state index in [0.29, 0.717) is 10.6 Å². The third-order valence-corrected chi connectivity index (χ3v) is 3.91. The van der Waals surface area contributed by atoms with Gasteiger partial charge in [0.25, 0.3) is 0 Å². The van der Waals surface area contributed by atoms with E-state index < -0.39 is 0 Å². The minimum atomic E-state index is -0.109. The van der Waals surface area contributed by atoms with E-state index in [1.165, 1.54) is 11.3 Å². The fourth-order valence-electron chi connectivity index (χ4n) is 1.93. The Morgan fingerprint density at radius 1 is 1.72 bits per heavy atom. The van der Waals surface area contributed by atoms with Crippen LogP contribution in [-0.4, -0.2) is 31.1 Å². The van der Waals surface area contributed by atoms with Gasteiger partial charge in [-0.1, -0.05) is 0 Å². The Labute approximate surface area is 110 Å². The van der Waals surface area contributed by atoms with E-state index in [2.05, 4.69) is 28.9 Å². The second-order valence-electron chi connectivity index (χ2n) is 4.66. The second kappa shape index (κ2) is 5.48. The molecule has 0 spiro atoms. The molecule has 3 N–H and O–H groups in total. The minimum Gasteiger partial charge on any atom is -0.315 e. The number of nitrogens with zero attached hydrogens (tertiary/aromatic N) is 1. The van der Waals surface area contributed by atoms with E-state index in [9.17, 15) is 4.79 Å². The van der Waals surface area contributed by atoms with Crippen molar-refractivity contribution in [3.8, 4) is 6.07 Å². The van der Waals surface area contributed by atoms with Gasteiger partial charge < -0.3 is 16.0 Å². The Morgan fingerprint density at radius 3 is 3.22 bits per heavy atom. The van der Waals surface area contributed by atoms with Gasteiger partial charge in [0.1, 0.15) is 11.1 Å². The van der Waals surface area contributed by atoms with Gasteiger partial charge in [-0.25, -0.2) is 0 Å². The van der Waals surface area contributed by atoms with E-state index >= 15 is 0 Å². The molecule has 1 atom stereocenters. The average molecular weight is 264 g/mol. The molecule has 0 saturated carbocycles. The molecule has 1 aliphatic heterocycles. The quantitative estimate of drug-likeness (QED) is 0.755. The smallest absolute Gasteiger partial charge is 0.238 e. The van der Waals surface area contributed by atoms with Gasteiger partial charge >= 0.3 is 0 Å². The molecular formula is C12H16N4OS. The summed E-state index contributed by atoms with van der Waals surface area (Å²) >= 11 is 1.37. The number of anilines is 1. The monoisotopic (exact) mass is 264 g/mol. The van der Waals surface area contributed by atoms with Crippen LogP contribution in [0.15, 0.2) is 11.4 Å². The zero-order chi connectivity index (χ0) is 13.0. The van der Waals surface area contributed by atoms with Crippen LogP contribution in [-0.2, 0) is 4.79 Å². The molecule has 2 heterocycles. The number of amides is 1. The highest BCUT2D eigenvalue weighted by molar-refractivity contribution is 7.14. The third kappa shape index (κ3) is 3.07. The number of carbonyl (C=O) groups excluding carboxylic acids is 1. The van der Waals surface area contributed by atoms with Crippen LogP contribution in [0.2, 0.25) is 0 Å². The molecule has 6 heteroatoms. The lowest BCUT2D eigenvalue weighted by molar-refractivity contribution is -0.115. The van der Waals surface area contributed by atoms with Crippen molar-refractivity contribution in [2.75, 3.05) is 25.0 Å². The van der Waals surface area contributed by atoms with Gasteiger partial charge in [-0.15, -0.1) is 11.3 Å². The summed E-state index contributed by atoms with van der Waals surface area (Å²) in [5.74, 6) is -0.109. The fourth-order valence-corrected chi connectivity index (χ4v) is 2.68. The van der Waals surface area contributed by atoms with E-state index in [1.807, 2.05) is 0 Å². The zero-order valence-electron chi connectivity index (χ0n) is 10.2. The molecule has 0 aliphatic carbocycles. The largest absolute Gasteiger partial charge is 0.315 e. The van der Waals surface area contributed by atoms with Crippen LogP contribution in [0.25, 0.3) is 0 Å². The van der Waals surface area contributed by atoms with Gasteiger partial charge in [0, 0.05) is 12.1 Å². The van der Waals surface area contributed by atoms with E-state index in [1.54, 1.807) is 11.4 Å². The maximum Gasteiger partial charge on any atom is 0.238 e. The zero-order valence-corrected chi connectivity index (χ0v) is 11.1. The Balaban J connectivity index is 1.84. The molecule has 1 fully saturated rings. The summed E-state index contributed by atoms with van der Waals surface area (Å²) in [6.07, 6.45) is 1.02. The van der Waals surface area contributed by atoms with Gasteiger partial charge in [-0.2, -0.15) is 5.26 Å². The first-order valence-corrected chi connectivity index (χ1v) is 6.74. The van der Waals surface area contributed by atoms with Crippen molar-refractivity contribution in [2.24, 2.45) is 0 Å². The predicted octanol–water partition coefficient (Wildman–Crippen LogP) is 0.900. The maximum absolute atomic E-state index is 11.8. The van der Waals surface area contributed by atoms with Crippen LogP contribution in [0.3, 0.4) is 0 Å². The molecule has 0 radical (unpaired) electrons. The first-order chi connectivity index (χ1) is 8.63. The van der Waals surface area contributed by atoms with Crippen molar-refractivity contribution in [1.29, 1.82) is 5.26 Å². The van der Waals surface area contributed by atoms with Gasteiger partial charge in [0.05, 0.1) is 12.1 Å². The number of rotatable bonds is 4. The summed E-state index contributed by atoms with van der Waals surface area (Å²) in [7, 11) is 0. The number of carbonyl (C=O) groups is 1. The summed E-state index contributed by atoms with van der Waals surface area (Å²) in [5, 5.41) is 20.5. The molecule has 96 valence electrons.